The summed E-state index contributed by atoms with van der Waals surface area (Å²) in [5.74, 6) is -0.0814. The first kappa shape index (κ1) is 11.2. The summed E-state index contributed by atoms with van der Waals surface area (Å²) in [4.78, 5) is 22.8. The average molecular weight is 194 g/mol. The van der Waals surface area contributed by atoms with Crippen LogP contribution in [-0.4, -0.2) is 43.4 Å². The number of halogens is 1. The highest BCUT2D eigenvalue weighted by Crippen LogP contribution is 1.93. The summed E-state index contributed by atoms with van der Waals surface area (Å²) in [5.41, 5.74) is 0. The first-order valence-electron chi connectivity index (χ1n) is 3.48. The molecule has 0 aliphatic carbocycles. The van der Waals surface area contributed by atoms with Crippen molar-refractivity contribution in [3.8, 4) is 0 Å². The van der Waals surface area contributed by atoms with Crippen LogP contribution in [0.5, 0.6) is 0 Å². The molecular weight excluding hydrogens is 182 g/mol. The van der Waals surface area contributed by atoms with Gasteiger partial charge in [-0.2, -0.15) is 0 Å². The number of carbonyl (C=O) groups excluding carboxylic acids is 2. The van der Waals surface area contributed by atoms with Gasteiger partial charge in [-0.25, -0.2) is 4.79 Å². The average Bonchev–Trinajstić information content (AvgIpc) is 2.11. The van der Waals surface area contributed by atoms with Crippen LogP contribution in [0.1, 0.15) is 6.42 Å². The zero-order valence-electron chi connectivity index (χ0n) is 7.17. The number of hydrogen-bond acceptors (Lipinski definition) is 3. The molecule has 0 bridgehead atoms. The van der Waals surface area contributed by atoms with Gasteiger partial charge in [0.1, 0.15) is 5.78 Å². The molecule has 0 aromatic heterocycles. The van der Waals surface area contributed by atoms with Gasteiger partial charge >= 0.3 is 6.09 Å². The molecule has 0 saturated carbocycles. The highest BCUT2D eigenvalue weighted by atomic mass is 35.5. The van der Waals surface area contributed by atoms with E-state index < -0.39 is 6.09 Å². The minimum Gasteiger partial charge on any atom is -0.453 e. The molecule has 0 saturated heterocycles. The fourth-order valence-electron chi connectivity index (χ4n) is 0.606. The molecule has 0 aromatic rings. The van der Waals surface area contributed by atoms with E-state index in [2.05, 4.69) is 4.74 Å². The van der Waals surface area contributed by atoms with E-state index in [0.717, 1.165) is 0 Å². The molecule has 70 valence electrons. The Labute approximate surface area is 76.4 Å². The molecular formula is C7H12ClNO3. The van der Waals surface area contributed by atoms with Crippen molar-refractivity contribution in [2.45, 2.75) is 6.42 Å². The summed E-state index contributed by atoms with van der Waals surface area (Å²) in [6.07, 6.45) is -0.174. The Morgan fingerprint density at radius 3 is 2.50 bits per heavy atom. The number of carbonyl (C=O) groups is 2. The van der Waals surface area contributed by atoms with Crippen LogP contribution in [0.2, 0.25) is 0 Å². The smallest absolute Gasteiger partial charge is 0.409 e. The zero-order valence-corrected chi connectivity index (χ0v) is 7.93. The van der Waals surface area contributed by atoms with Crippen molar-refractivity contribution in [1.29, 1.82) is 0 Å². The second-order valence-electron chi connectivity index (χ2n) is 2.31. The lowest BCUT2D eigenvalue weighted by Gasteiger charge is -2.13. The molecule has 0 N–H and O–H groups in total. The Hall–Kier alpha value is -0.770. The molecule has 0 atom stereocenters. The van der Waals surface area contributed by atoms with Gasteiger partial charge in [-0.05, 0) is 0 Å². The van der Waals surface area contributed by atoms with E-state index in [1.54, 1.807) is 7.05 Å². The van der Waals surface area contributed by atoms with Crippen LogP contribution in [0, 0.1) is 0 Å². The topological polar surface area (TPSA) is 46.6 Å². The minimum atomic E-state index is -0.447. The Morgan fingerprint density at radius 1 is 1.50 bits per heavy atom. The first-order chi connectivity index (χ1) is 5.61. The van der Waals surface area contributed by atoms with Crippen molar-refractivity contribution in [3.05, 3.63) is 0 Å². The maximum Gasteiger partial charge on any atom is 0.409 e. The van der Waals surface area contributed by atoms with E-state index in [0.29, 0.717) is 6.54 Å². The van der Waals surface area contributed by atoms with Crippen LogP contribution < -0.4 is 0 Å². The van der Waals surface area contributed by atoms with Gasteiger partial charge in [0, 0.05) is 20.0 Å². The summed E-state index contributed by atoms with van der Waals surface area (Å²) >= 11 is 5.26. The molecule has 0 rings (SSSR count). The third-order valence-corrected chi connectivity index (χ3v) is 1.66. The zero-order chi connectivity index (χ0) is 9.56. The molecule has 0 spiro atoms. The highest BCUT2D eigenvalue weighted by Gasteiger charge is 2.09. The van der Waals surface area contributed by atoms with Gasteiger partial charge in [-0.1, -0.05) is 0 Å². The lowest BCUT2D eigenvalue weighted by atomic mass is 10.3. The molecule has 4 nitrogen and oxygen atoms in total. The number of Topliss-reactive ketones (excluding diaryl/α,β-unsaturated/α-hetero) is 1. The van der Waals surface area contributed by atoms with Gasteiger partial charge in [-0.15, -0.1) is 11.6 Å². The number of rotatable bonds is 4. The van der Waals surface area contributed by atoms with E-state index in [-0.39, 0.29) is 18.1 Å². The summed E-state index contributed by atoms with van der Waals surface area (Å²) < 4.78 is 4.42. The molecule has 5 heteroatoms. The molecule has 12 heavy (non-hydrogen) atoms. The number of ketones is 1. The summed E-state index contributed by atoms with van der Waals surface area (Å²) in [6, 6.07) is 0. The van der Waals surface area contributed by atoms with Gasteiger partial charge in [0.15, 0.2) is 0 Å². The first-order valence-corrected chi connectivity index (χ1v) is 4.02. The van der Waals surface area contributed by atoms with Gasteiger partial charge < -0.3 is 9.64 Å². The fourth-order valence-corrected chi connectivity index (χ4v) is 0.740. The normalized spacial score (nSPS) is 9.25. The Bertz CT molecular complexity index is 172. The molecule has 1 amide bonds. The third kappa shape index (κ3) is 4.18. The number of amides is 1. The number of nitrogens with zero attached hydrogens (tertiary/aromatic N) is 1. The molecule has 0 fully saturated rings. The van der Waals surface area contributed by atoms with Crippen molar-refractivity contribution in [2.75, 3.05) is 26.6 Å². The Morgan fingerprint density at radius 2 is 2.08 bits per heavy atom. The largest absolute Gasteiger partial charge is 0.453 e. The van der Waals surface area contributed by atoms with Gasteiger partial charge in [0.05, 0.1) is 13.0 Å². The summed E-state index contributed by atoms with van der Waals surface area (Å²) in [5, 5.41) is 0. The summed E-state index contributed by atoms with van der Waals surface area (Å²) in [6.45, 7) is 0.345. The van der Waals surface area contributed by atoms with Crippen molar-refractivity contribution in [3.63, 3.8) is 0 Å². The molecule has 0 radical (unpaired) electrons. The molecule has 0 aliphatic heterocycles. The quantitative estimate of drug-likeness (QED) is 0.623. The van der Waals surface area contributed by atoms with E-state index in [9.17, 15) is 9.59 Å². The predicted molar refractivity (Wildman–Crippen MR) is 45.4 cm³/mol. The Kier molecular flexibility index (Phi) is 5.45. The number of hydrogen-bond donors (Lipinski definition) is 0. The standard InChI is InChI=1S/C7H12ClNO3/c1-9(7(11)12-2)4-3-6(10)5-8/h3-5H2,1-2H3. The van der Waals surface area contributed by atoms with E-state index in [1.165, 1.54) is 12.0 Å². The minimum absolute atomic E-state index is 0.00495. The fraction of sp³-hybridized carbons (Fsp3) is 0.714. The number of methoxy groups -OCH3 is 1. The molecule has 0 aromatic carbocycles. The van der Waals surface area contributed by atoms with E-state index >= 15 is 0 Å². The van der Waals surface area contributed by atoms with Crippen LogP contribution in [0.3, 0.4) is 0 Å². The van der Waals surface area contributed by atoms with Crippen molar-refractivity contribution < 1.29 is 14.3 Å². The molecule has 0 aliphatic rings. The van der Waals surface area contributed by atoms with Crippen molar-refractivity contribution in [2.24, 2.45) is 0 Å². The van der Waals surface area contributed by atoms with Gasteiger partial charge in [0.25, 0.3) is 0 Å². The SMILES string of the molecule is COC(=O)N(C)CCC(=O)CCl. The highest BCUT2D eigenvalue weighted by molar-refractivity contribution is 6.27. The van der Waals surface area contributed by atoms with Crippen molar-refractivity contribution >= 4 is 23.5 Å². The number of alkyl halides is 1. The van der Waals surface area contributed by atoms with Crippen LogP contribution in [0.15, 0.2) is 0 Å². The van der Waals surface area contributed by atoms with Crippen LogP contribution in [0.4, 0.5) is 4.79 Å². The van der Waals surface area contributed by atoms with Crippen LogP contribution >= 0.6 is 11.6 Å². The summed E-state index contributed by atoms with van der Waals surface area (Å²) in [7, 11) is 2.86. The van der Waals surface area contributed by atoms with Crippen LogP contribution in [0.25, 0.3) is 0 Å². The Balaban J connectivity index is 3.63. The van der Waals surface area contributed by atoms with E-state index in [1.807, 2.05) is 0 Å². The van der Waals surface area contributed by atoms with Gasteiger partial charge in [0.2, 0.25) is 0 Å². The van der Waals surface area contributed by atoms with E-state index in [4.69, 9.17) is 11.6 Å². The van der Waals surface area contributed by atoms with Gasteiger partial charge in [-0.3, -0.25) is 4.79 Å². The second-order valence-corrected chi connectivity index (χ2v) is 2.58. The number of ether oxygens (including phenoxy) is 1. The lowest BCUT2D eigenvalue weighted by Crippen LogP contribution is -2.28. The predicted octanol–water partition coefficient (Wildman–Crippen LogP) is 0.883. The second kappa shape index (κ2) is 5.83. The van der Waals surface area contributed by atoms with Crippen LogP contribution in [-0.2, 0) is 9.53 Å². The van der Waals surface area contributed by atoms with Crippen molar-refractivity contribution in [1.82, 2.24) is 4.90 Å². The lowest BCUT2D eigenvalue weighted by molar-refractivity contribution is -0.116. The monoisotopic (exact) mass is 193 g/mol. The third-order valence-electron chi connectivity index (χ3n) is 1.36. The maximum absolute atomic E-state index is 10.8. The molecule has 0 heterocycles. The molecule has 0 unspecified atom stereocenters. The maximum atomic E-state index is 10.8.